The number of rotatable bonds is 13. The lowest BCUT2D eigenvalue weighted by atomic mass is 9.45. The number of aliphatic hydroxyl groups is 1. The van der Waals surface area contributed by atoms with Gasteiger partial charge in [-0.15, -0.1) is 0 Å². The highest BCUT2D eigenvalue weighted by Crippen LogP contribution is 2.61. The number of fused-ring (bicyclic) bond motifs is 2. The van der Waals surface area contributed by atoms with Crippen LogP contribution in [0.2, 0.25) is 0 Å². The van der Waals surface area contributed by atoms with Crippen LogP contribution in [0, 0.1) is 29.1 Å². The van der Waals surface area contributed by atoms with E-state index in [-0.39, 0.29) is 23.9 Å². The number of hydrogen-bond donors (Lipinski definition) is 3. The summed E-state index contributed by atoms with van der Waals surface area (Å²) in [7, 11) is 5.94. The topological polar surface area (TPSA) is 80.3 Å². The molecule has 7 rings (SSSR count). The van der Waals surface area contributed by atoms with Crippen molar-refractivity contribution in [2.45, 2.75) is 104 Å². The van der Waals surface area contributed by atoms with E-state index in [1.165, 1.54) is 31.4 Å². The van der Waals surface area contributed by atoms with Gasteiger partial charge in [0, 0.05) is 68.5 Å². The van der Waals surface area contributed by atoms with Crippen molar-refractivity contribution in [2.24, 2.45) is 29.1 Å². The van der Waals surface area contributed by atoms with Gasteiger partial charge in [0.25, 0.3) is 0 Å². The zero-order valence-electron chi connectivity index (χ0n) is 31.5. The quantitative estimate of drug-likeness (QED) is 0.250. The van der Waals surface area contributed by atoms with Gasteiger partial charge < -0.3 is 25.4 Å². The molecule has 8 atom stereocenters. The smallest absolute Gasteiger partial charge is 0.237 e. The van der Waals surface area contributed by atoms with Gasteiger partial charge in [-0.25, -0.2) is 0 Å². The summed E-state index contributed by atoms with van der Waals surface area (Å²) in [5.41, 5.74) is 6.04. The first-order valence-corrected chi connectivity index (χ1v) is 19.1. The molecule has 2 saturated heterocycles. The van der Waals surface area contributed by atoms with Crippen LogP contribution < -0.4 is 20.3 Å². The number of carbonyl (C=O) groups excluding carboxylic acids is 1. The van der Waals surface area contributed by atoms with E-state index in [1.807, 2.05) is 6.92 Å². The maximum atomic E-state index is 14.1. The highest BCUT2D eigenvalue weighted by molar-refractivity contribution is 5.83. The Labute approximate surface area is 295 Å². The van der Waals surface area contributed by atoms with Crippen LogP contribution in [-0.2, 0) is 17.9 Å². The predicted octanol–water partition coefficient (Wildman–Crippen LogP) is 5.76. The number of aliphatic hydroxyl groups excluding tert-OH is 1. The molecule has 0 unspecified atom stereocenters. The fourth-order valence-electron chi connectivity index (χ4n) is 10.0. The number of para-hydroxylation sites is 1. The second-order valence-corrected chi connectivity index (χ2v) is 16.5. The molecular weight excluding hydrogens is 610 g/mol. The Hall–Kier alpha value is -2.65. The van der Waals surface area contributed by atoms with Crippen molar-refractivity contribution < 1.29 is 14.6 Å². The van der Waals surface area contributed by atoms with E-state index in [2.05, 4.69) is 104 Å². The van der Waals surface area contributed by atoms with Gasteiger partial charge in [0.05, 0.1) is 19.3 Å². The van der Waals surface area contributed by atoms with Gasteiger partial charge in [-0.2, -0.15) is 0 Å². The molecule has 2 aromatic rings. The number of nitrogens with zero attached hydrogens (tertiary/aromatic N) is 3. The molecular formula is C41H63N5O3. The fourth-order valence-corrected chi connectivity index (χ4v) is 10.0. The van der Waals surface area contributed by atoms with Crippen molar-refractivity contribution in [3.8, 4) is 16.9 Å². The van der Waals surface area contributed by atoms with E-state index in [9.17, 15) is 9.90 Å². The number of carbonyl (C=O) groups is 1. The molecule has 3 N–H and O–H groups in total. The summed E-state index contributed by atoms with van der Waals surface area (Å²) in [5, 5.41) is 18.1. The first kappa shape index (κ1) is 36.2. The van der Waals surface area contributed by atoms with Crippen LogP contribution in [0.25, 0.3) is 11.1 Å². The van der Waals surface area contributed by atoms with Gasteiger partial charge in [0.15, 0.2) is 0 Å². The molecule has 5 fully saturated rings. The van der Waals surface area contributed by atoms with Gasteiger partial charge in [-0.1, -0.05) is 45.9 Å². The molecule has 2 aromatic carbocycles. The molecule has 49 heavy (non-hydrogen) atoms. The molecule has 8 nitrogen and oxygen atoms in total. The van der Waals surface area contributed by atoms with Crippen molar-refractivity contribution in [2.75, 3.05) is 52.3 Å². The normalized spacial score (nSPS) is 30.2. The van der Waals surface area contributed by atoms with Gasteiger partial charge >= 0.3 is 0 Å². The van der Waals surface area contributed by atoms with Gasteiger partial charge in [-0.3, -0.25) is 14.6 Å². The summed E-state index contributed by atoms with van der Waals surface area (Å²) >= 11 is 0. The maximum Gasteiger partial charge on any atom is 0.237 e. The number of hydrogen-bond acceptors (Lipinski definition) is 7. The van der Waals surface area contributed by atoms with E-state index >= 15 is 0 Å². The molecule has 2 aliphatic heterocycles. The van der Waals surface area contributed by atoms with Crippen molar-refractivity contribution in [1.82, 2.24) is 20.4 Å². The lowest BCUT2D eigenvalue weighted by Crippen LogP contribution is -2.62. The number of amides is 1. The zero-order valence-corrected chi connectivity index (χ0v) is 31.5. The summed E-state index contributed by atoms with van der Waals surface area (Å²) in [5.74, 6) is 2.64. The Morgan fingerprint density at radius 3 is 2.59 bits per heavy atom. The molecule has 3 saturated carbocycles. The second-order valence-electron chi connectivity index (χ2n) is 16.5. The van der Waals surface area contributed by atoms with E-state index < -0.39 is 6.10 Å². The van der Waals surface area contributed by atoms with E-state index in [4.69, 9.17) is 4.74 Å². The monoisotopic (exact) mass is 673 g/mol. The SMILES string of the molecule is CCN1CCC[C@@H]1CNCc1cc(-c2cccc(CN3CC[C@@H]([C@H](C)O)[C@H]3C(=O)N[C@H]3C[C@H]4C[C@@H]([C@@H]3C)C4(C)C)c2OC)cc(N(C)C)c1. The number of nitrogens with one attached hydrogen (secondary N) is 2. The highest BCUT2D eigenvalue weighted by atomic mass is 16.5. The van der Waals surface area contributed by atoms with Crippen molar-refractivity contribution in [3.63, 3.8) is 0 Å². The number of anilines is 1. The number of ether oxygens (including phenoxy) is 1. The van der Waals surface area contributed by atoms with Crippen molar-refractivity contribution in [1.29, 1.82) is 0 Å². The number of methoxy groups -OCH3 is 1. The van der Waals surface area contributed by atoms with E-state index in [0.29, 0.717) is 35.8 Å². The third-order valence-corrected chi connectivity index (χ3v) is 13.2. The summed E-state index contributed by atoms with van der Waals surface area (Å²) in [6.45, 7) is 16.7. The van der Waals surface area contributed by atoms with E-state index in [0.717, 1.165) is 67.1 Å². The molecule has 0 spiro atoms. The molecule has 3 aliphatic carbocycles. The summed E-state index contributed by atoms with van der Waals surface area (Å²) < 4.78 is 6.18. The standard InChI is InChI=1S/C41H63N5O3/c1-9-45-16-11-13-32(45)24-42-23-28-18-30(20-33(19-28)44(6)7)35-14-10-12-29(39(35)49-8)25-46-17-15-34(27(3)47)38(46)40(48)43-37-22-31-21-36(26(37)2)41(31,4)5/h10,12,14,18-20,26-27,31-32,34,36-38,42,47H,9,11,13,15-17,21-25H2,1-8H3,(H,43,48)/t26-,27-,31+,32+,34-,36-,37-,38-/m0/s1. The second kappa shape index (κ2) is 14.9. The Morgan fingerprint density at radius 2 is 1.92 bits per heavy atom. The average Bonchev–Trinajstić information content (AvgIpc) is 3.72. The first-order chi connectivity index (χ1) is 23.4. The first-order valence-electron chi connectivity index (χ1n) is 19.1. The Bertz CT molecular complexity index is 1460. The lowest BCUT2D eigenvalue weighted by Gasteiger charge is -2.62. The Kier molecular flexibility index (Phi) is 11.0. The van der Waals surface area contributed by atoms with Gasteiger partial charge in [0.1, 0.15) is 5.75 Å². The summed E-state index contributed by atoms with van der Waals surface area (Å²) in [6, 6.07) is 13.7. The molecule has 270 valence electrons. The van der Waals surface area contributed by atoms with Crippen LogP contribution in [0.15, 0.2) is 36.4 Å². The van der Waals surface area contributed by atoms with Gasteiger partial charge in [-0.05, 0) is 111 Å². The molecule has 8 heteroatoms. The molecule has 1 amide bonds. The molecule has 5 aliphatic rings. The number of likely N-dealkylation sites (tertiary alicyclic amines) is 2. The molecule has 2 heterocycles. The van der Waals surface area contributed by atoms with Crippen LogP contribution in [0.4, 0.5) is 5.69 Å². The van der Waals surface area contributed by atoms with Crippen LogP contribution in [0.5, 0.6) is 5.75 Å². The largest absolute Gasteiger partial charge is 0.496 e. The lowest BCUT2D eigenvalue weighted by molar-refractivity contribution is -0.139. The number of benzene rings is 2. The maximum absolute atomic E-state index is 14.1. The molecule has 0 aromatic heterocycles. The summed E-state index contributed by atoms with van der Waals surface area (Å²) in [6.07, 6.45) is 5.15. The minimum atomic E-state index is -0.551. The van der Waals surface area contributed by atoms with Crippen LogP contribution in [0.1, 0.15) is 77.8 Å². The predicted molar refractivity (Wildman–Crippen MR) is 200 cm³/mol. The molecule has 0 radical (unpaired) electrons. The van der Waals surface area contributed by atoms with E-state index in [1.54, 1.807) is 7.11 Å². The minimum absolute atomic E-state index is 0.0740. The molecule has 2 bridgehead atoms. The minimum Gasteiger partial charge on any atom is -0.496 e. The summed E-state index contributed by atoms with van der Waals surface area (Å²) in [4.78, 5) is 21.2. The van der Waals surface area contributed by atoms with Crippen LogP contribution in [-0.4, -0.2) is 92.4 Å². The Balaban J connectivity index is 1.21. The zero-order chi connectivity index (χ0) is 35.0. The number of likely N-dealkylation sites (N-methyl/N-ethyl adjacent to an activating group) is 1. The third kappa shape index (κ3) is 7.26. The fraction of sp³-hybridized carbons (Fsp3) is 0.683. The third-order valence-electron chi connectivity index (χ3n) is 13.2. The van der Waals surface area contributed by atoms with Crippen molar-refractivity contribution in [3.05, 3.63) is 47.5 Å². The average molecular weight is 674 g/mol. The van der Waals surface area contributed by atoms with Crippen molar-refractivity contribution >= 4 is 11.6 Å². The van der Waals surface area contributed by atoms with Crippen LogP contribution in [0.3, 0.4) is 0 Å². The van der Waals surface area contributed by atoms with Gasteiger partial charge in [0.2, 0.25) is 5.91 Å². The highest BCUT2D eigenvalue weighted by Gasteiger charge is 2.57. The Morgan fingerprint density at radius 1 is 1.12 bits per heavy atom. The van der Waals surface area contributed by atoms with Crippen LogP contribution >= 0.6 is 0 Å².